The SMILES string of the molecule is COc1ccc(C(N)=Nc2c(N)nc(NCc3ccc(F)cc3)nc2N2CCN(CCC(C)C)CC2)cc1OC. The normalized spacial score (nSPS) is 14.4. The summed E-state index contributed by atoms with van der Waals surface area (Å²) in [5.74, 6) is 2.94. The third-order valence-electron chi connectivity index (χ3n) is 6.86. The molecule has 0 saturated carbocycles. The van der Waals surface area contributed by atoms with Gasteiger partial charge in [-0.3, -0.25) is 4.90 Å². The number of halogens is 1. The van der Waals surface area contributed by atoms with Crippen LogP contribution in [0.4, 0.5) is 27.7 Å². The molecule has 214 valence electrons. The van der Waals surface area contributed by atoms with E-state index in [4.69, 9.17) is 30.9 Å². The van der Waals surface area contributed by atoms with Gasteiger partial charge in [0.05, 0.1) is 14.2 Å². The molecule has 1 aromatic heterocycles. The number of hydrogen-bond donors (Lipinski definition) is 3. The van der Waals surface area contributed by atoms with Crippen molar-refractivity contribution in [2.24, 2.45) is 16.6 Å². The second-order valence-corrected chi connectivity index (χ2v) is 10.2. The van der Waals surface area contributed by atoms with Gasteiger partial charge in [-0.15, -0.1) is 0 Å². The molecule has 11 heteroatoms. The average molecular weight is 551 g/mol. The van der Waals surface area contributed by atoms with Crippen molar-refractivity contribution in [2.45, 2.75) is 26.8 Å². The molecule has 1 fully saturated rings. The van der Waals surface area contributed by atoms with Gasteiger partial charge < -0.3 is 31.2 Å². The fraction of sp³-hybridized carbons (Fsp3) is 0.414. The Morgan fingerprint density at radius 2 is 1.73 bits per heavy atom. The quantitative estimate of drug-likeness (QED) is 0.239. The van der Waals surface area contributed by atoms with Crippen LogP contribution in [-0.4, -0.2) is 67.6 Å². The van der Waals surface area contributed by atoms with Crippen LogP contribution >= 0.6 is 0 Å². The van der Waals surface area contributed by atoms with Crippen LogP contribution in [0.15, 0.2) is 47.5 Å². The van der Waals surface area contributed by atoms with Gasteiger partial charge in [0.25, 0.3) is 0 Å². The first-order valence-corrected chi connectivity index (χ1v) is 13.5. The number of benzene rings is 2. The van der Waals surface area contributed by atoms with Gasteiger partial charge >= 0.3 is 0 Å². The monoisotopic (exact) mass is 550 g/mol. The zero-order valence-electron chi connectivity index (χ0n) is 23.7. The predicted molar refractivity (Wildman–Crippen MR) is 158 cm³/mol. The molecule has 4 rings (SSSR count). The van der Waals surface area contributed by atoms with Gasteiger partial charge in [0.1, 0.15) is 11.7 Å². The van der Waals surface area contributed by atoms with Crippen molar-refractivity contribution < 1.29 is 13.9 Å². The summed E-state index contributed by atoms with van der Waals surface area (Å²) >= 11 is 0. The van der Waals surface area contributed by atoms with Gasteiger partial charge in [-0.2, -0.15) is 9.97 Å². The maximum absolute atomic E-state index is 13.3. The third-order valence-corrected chi connectivity index (χ3v) is 6.86. The number of piperazine rings is 1. The molecule has 40 heavy (non-hydrogen) atoms. The Kier molecular flexibility index (Phi) is 9.60. The average Bonchev–Trinajstić information content (AvgIpc) is 2.96. The highest BCUT2D eigenvalue weighted by molar-refractivity contribution is 6.01. The molecule has 0 unspecified atom stereocenters. The fourth-order valence-electron chi connectivity index (χ4n) is 4.45. The van der Waals surface area contributed by atoms with E-state index in [9.17, 15) is 4.39 Å². The van der Waals surface area contributed by atoms with Crippen LogP contribution in [0.3, 0.4) is 0 Å². The number of nitrogens with two attached hydrogens (primary N) is 2. The van der Waals surface area contributed by atoms with E-state index in [0.29, 0.717) is 47.0 Å². The first kappa shape index (κ1) is 28.9. The van der Waals surface area contributed by atoms with Crippen LogP contribution < -0.4 is 31.2 Å². The number of anilines is 3. The van der Waals surface area contributed by atoms with E-state index < -0.39 is 0 Å². The van der Waals surface area contributed by atoms with Crippen LogP contribution in [0.5, 0.6) is 11.5 Å². The lowest BCUT2D eigenvalue weighted by molar-refractivity contribution is 0.243. The Labute approximate surface area is 235 Å². The maximum atomic E-state index is 13.3. The summed E-state index contributed by atoms with van der Waals surface area (Å²) in [5.41, 5.74) is 14.9. The van der Waals surface area contributed by atoms with Crippen molar-refractivity contribution in [2.75, 3.05) is 62.9 Å². The van der Waals surface area contributed by atoms with E-state index >= 15 is 0 Å². The first-order chi connectivity index (χ1) is 19.3. The molecule has 3 aromatic rings. The molecule has 0 atom stereocenters. The van der Waals surface area contributed by atoms with Gasteiger partial charge in [0, 0.05) is 38.3 Å². The molecule has 0 bridgehead atoms. The number of nitrogens with zero attached hydrogens (tertiary/aromatic N) is 5. The lowest BCUT2D eigenvalue weighted by atomic mass is 10.1. The zero-order chi connectivity index (χ0) is 28.6. The Morgan fingerprint density at radius 1 is 1.02 bits per heavy atom. The largest absolute Gasteiger partial charge is 0.493 e. The minimum absolute atomic E-state index is 0.206. The summed E-state index contributed by atoms with van der Waals surface area (Å²) in [6.45, 7) is 9.32. The van der Waals surface area contributed by atoms with Gasteiger partial charge in [0.15, 0.2) is 28.8 Å². The lowest BCUT2D eigenvalue weighted by Gasteiger charge is -2.36. The Balaban J connectivity index is 1.63. The third kappa shape index (κ3) is 7.29. The Morgan fingerprint density at radius 3 is 2.38 bits per heavy atom. The molecule has 1 aliphatic heterocycles. The second kappa shape index (κ2) is 13.3. The zero-order valence-corrected chi connectivity index (χ0v) is 23.7. The summed E-state index contributed by atoms with van der Waals surface area (Å²) < 4.78 is 24.1. The molecular weight excluding hydrogens is 511 g/mol. The molecule has 5 N–H and O–H groups in total. The second-order valence-electron chi connectivity index (χ2n) is 10.2. The van der Waals surface area contributed by atoms with Crippen LogP contribution in [0.25, 0.3) is 0 Å². The van der Waals surface area contributed by atoms with E-state index in [1.165, 1.54) is 12.1 Å². The van der Waals surface area contributed by atoms with Crippen molar-refractivity contribution in [3.05, 3.63) is 59.4 Å². The van der Waals surface area contributed by atoms with E-state index in [1.54, 1.807) is 38.5 Å². The molecule has 2 heterocycles. The molecule has 0 radical (unpaired) electrons. The number of hydrogen-bond acceptors (Lipinski definition) is 9. The minimum atomic E-state index is -0.284. The predicted octanol–water partition coefficient (Wildman–Crippen LogP) is 4.03. The standard InChI is InChI=1S/C29H39FN8O2/c1-19(2)11-12-37-13-15-38(16-14-37)28-25(34-26(31)21-7-10-23(39-3)24(17-21)40-4)27(32)35-29(36-28)33-18-20-5-8-22(30)9-6-20/h5-10,17,19H,11-16,18H2,1-4H3,(H2,31,34)(H3,32,33,35,36). The van der Waals surface area contributed by atoms with Crippen LogP contribution in [0.1, 0.15) is 31.4 Å². The molecule has 10 nitrogen and oxygen atoms in total. The van der Waals surface area contributed by atoms with Gasteiger partial charge in [-0.05, 0) is 54.8 Å². The molecule has 0 aliphatic carbocycles. The van der Waals surface area contributed by atoms with E-state index in [-0.39, 0.29) is 17.5 Å². The van der Waals surface area contributed by atoms with Crippen molar-refractivity contribution in [3.8, 4) is 11.5 Å². The van der Waals surface area contributed by atoms with Crippen LogP contribution in [-0.2, 0) is 6.54 Å². The summed E-state index contributed by atoms with van der Waals surface area (Å²) in [7, 11) is 3.14. The van der Waals surface area contributed by atoms with Crippen molar-refractivity contribution in [1.82, 2.24) is 14.9 Å². The highest BCUT2D eigenvalue weighted by Gasteiger charge is 2.24. The van der Waals surface area contributed by atoms with Gasteiger partial charge in [0.2, 0.25) is 5.95 Å². The minimum Gasteiger partial charge on any atom is -0.493 e. The first-order valence-electron chi connectivity index (χ1n) is 13.5. The number of aromatic nitrogens is 2. The Bertz CT molecular complexity index is 1310. The summed E-state index contributed by atoms with van der Waals surface area (Å²) in [6.07, 6.45) is 1.16. The summed E-state index contributed by atoms with van der Waals surface area (Å²) in [6, 6.07) is 11.6. The number of amidine groups is 1. The number of ether oxygens (including phenoxy) is 2. The maximum Gasteiger partial charge on any atom is 0.227 e. The van der Waals surface area contributed by atoms with Crippen molar-refractivity contribution >= 4 is 29.1 Å². The fourth-order valence-corrected chi connectivity index (χ4v) is 4.45. The number of rotatable bonds is 11. The summed E-state index contributed by atoms with van der Waals surface area (Å²) in [4.78, 5) is 18.6. The molecule has 2 aromatic carbocycles. The molecule has 1 saturated heterocycles. The molecule has 0 amide bonds. The number of aliphatic imine (C=N–C) groups is 1. The smallest absolute Gasteiger partial charge is 0.227 e. The molecule has 0 spiro atoms. The van der Waals surface area contributed by atoms with Crippen molar-refractivity contribution in [1.29, 1.82) is 0 Å². The number of nitrogens with one attached hydrogen (secondary N) is 1. The van der Waals surface area contributed by atoms with Crippen LogP contribution in [0, 0.1) is 11.7 Å². The van der Waals surface area contributed by atoms with Crippen molar-refractivity contribution in [3.63, 3.8) is 0 Å². The number of nitrogen functional groups attached to an aromatic ring is 1. The molecule has 1 aliphatic rings. The van der Waals surface area contributed by atoms with E-state index in [1.807, 2.05) is 6.07 Å². The van der Waals surface area contributed by atoms with Crippen LogP contribution in [0.2, 0.25) is 0 Å². The van der Waals surface area contributed by atoms with E-state index in [2.05, 4.69) is 33.9 Å². The molecular formula is C29H39FN8O2. The number of methoxy groups -OCH3 is 2. The highest BCUT2D eigenvalue weighted by Crippen LogP contribution is 2.35. The Hall–Kier alpha value is -4.12. The topological polar surface area (TPSA) is 127 Å². The lowest BCUT2D eigenvalue weighted by Crippen LogP contribution is -2.47. The van der Waals surface area contributed by atoms with Gasteiger partial charge in [-0.1, -0.05) is 26.0 Å². The highest BCUT2D eigenvalue weighted by atomic mass is 19.1. The summed E-state index contributed by atoms with van der Waals surface area (Å²) in [5, 5.41) is 3.21. The van der Waals surface area contributed by atoms with E-state index in [0.717, 1.165) is 44.7 Å². The van der Waals surface area contributed by atoms with Gasteiger partial charge in [-0.25, -0.2) is 9.38 Å².